The summed E-state index contributed by atoms with van der Waals surface area (Å²) in [6.07, 6.45) is 6.50. The third-order valence-corrected chi connectivity index (χ3v) is 4.64. The second-order valence-corrected chi connectivity index (χ2v) is 5.31. The van der Waals surface area contributed by atoms with Crippen LogP contribution in [-0.4, -0.2) is 30.1 Å². The molecule has 0 heterocycles. The van der Waals surface area contributed by atoms with Gasteiger partial charge in [0.15, 0.2) is 0 Å². The van der Waals surface area contributed by atoms with Gasteiger partial charge in [0.2, 0.25) is 0 Å². The molecule has 3 atom stereocenters. The van der Waals surface area contributed by atoms with Gasteiger partial charge >= 0.3 is 0 Å². The number of likely N-dealkylation sites (N-methyl/N-ethyl adjacent to an activating group) is 1. The molecule has 1 rings (SSSR count). The first kappa shape index (κ1) is 13.0. The molecule has 1 aliphatic rings. The largest absolute Gasteiger partial charge is 0.329 e. The van der Waals surface area contributed by atoms with Crippen LogP contribution in [0.2, 0.25) is 0 Å². The number of nitrogens with two attached hydrogens (primary N) is 1. The molecule has 0 spiro atoms. The Morgan fingerprint density at radius 1 is 1.47 bits per heavy atom. The van der Waals surface area contributed by atoms with E-state index in [0.717, 1.165) is 12.5 Å². The molecule has 0 aromatic heterocycles. The van der Waals surface area contributed by atoms with Crippen LogP contribution < -0.4 is 5.73 Å². The lowest BCUT2D eigenvalue weighted by atomic mass is 9.91. The van der Waals surface area contributed by atoms with E-state index in [1.807, 2.05) is 0 Å². The summed E-state index contributed by atoms with van der Waals surface area (Å²) in [6.45, 7) is 7.71. The highest BCUT2D eigenvalue weighted by Gasteiger charge is 2.41. The molecule has 0 bridgehead atoms. The highest BCUT2D eigenvalue weighted by molar-refractivity contribution is 4.98. The Kier molecular flexibility index (Phi) is 4.60. The molecule has 1 aliphatic carbocycles. The van der Waals surface area contributed by atoms with Gasteiger partial charge < -0.3 is 5.73 Å². The molecule has 2 heteroatoms. The Morgan fingerprint density at radius 3 is 2.53 bits per heavy atom. The molecule has 2 N–H and O–H groups in total. The predicted molar refractivity (Wildman–Crippen MR) is 66.9 cm³/mol. The molecule has 0 aromatic rings. The standard InChI is InChI=1S/C13H28N2/c1-5-11(3)15(4)13(10-14)8-7-12(6-2)9-13/h11-12H,5-10,14H2,1-4H3. The quantitative estimate of drug-likeness (QED) is 0.759. The van der Waals surface area contributed by atoms with Crippen molar-refractivity contribution in [3.8, 4) is 0 Å². The van der Waals surface area contributed by atoms with Crippen LogP contribution in [0.1, 0.15) is 52.9 Å². The molecule has 2 nitrogen and oxygen atoms in total. The second kappa shape index (κ2) is 5.31. The number of hydrogen-bond donors (Lipinski definition) is 1. The van der Waals surface area contributed by atoms with Crippen molar-refractivity contribution in [2.45, 2.75) is 64.5 Å². The highest BCUT2D eigenvalue weighted by Crippen LogP contribution is 2.40. The van der Waals surface area contributed by atoms with Crippen LogP contribution in [0.25, 0.3) is 0 Å². The summed E-state index contributed by atoms with van der Waals surface area (Å²) in [5, 5.41) is 0. The Morgan fingerprint density at radius 2 is 2.13 bits per heavy atom. The van der Waals surface area contributed by atoms with E-state index in [0.29, 0.717) is 11.6 Å². The van der Waals surface area contributed by atoms with Crippen molar-refractivity contribution in [2.75, 3.05) is 13.6 Å². The minimum absolute atomic E-state index is 0.302. The normalized spacial score (nSPS) is 33.6. The summed E-state index contributed by atoms with van der Waals surface area (Å²) in [4.78, 5) is 2.54. The van der Waals surface area contributed by atoms with Gasteiger partial charge in [0.25, 0.3) is 0 Å². The van der Waals surface area contributed by atoms with Crippen LogP contribution in [0.3, 0.4) is 0 Å². The fraction of sp³-hybridized carbons (Fsp3) is 1.00. The average Bonchev–Trinajstić information content (AvgIpc) is 2.71. The second-order valence-electron chi connectivity index (χ2n) is 5.31. The van der Waals surface area contributed by atoms with Gasteiger partial charge in [-0.3, -0.25) is 4.90 Å². The van der Waals surface area contributed by atoms with E-state index < -0.39 is 0 Å². The molecular weight excluding hydrogens is 184 g/mol. The van der Waals surface area contributed by atoms with Crippen molar-refractivity contribution in [3.05, 3.63) is 0 Å². The Bertz CT molecular complexity index is 193. The Labute approximate surface area is 95.2 Å². The molecule has 0 radical (unpaired) electrons. The Hall–Kier alpha value is -0.0800. The lowest BCUT2D eigenvalue weighted by Gasteiger charge is -2.42. The summed E-state index contributed by atoms with van der Waals surface area (Å²) in [5.74, 6) is 0.903. The maximum atomic E-state index is 6.04. The molecule has 1 saturated carbocycles. The molecule has 15 heavy (non-hydrogen) atoms. The Balaban J connectivity index is 2.69. The summed E-state index contributed by atoms with van der Waals surface area (Å²) >= 11 is 0. The maximum absolute atomic E-state index is 6.04. The van der Waals surface area contributed by atoms with E-state index in [1.165, 1.54) is 32.1 Å². The molecular formula is C13H28N2. The first-order chi connectivity index (χ1) is 7.09. The van der Waals surface area contributed by atoms with E-state index in [1.54, 1.807) is 0 Å². The first-order valence-electron chi connectivity index (χ1n) is 6.52. The summed E-state index contributed by atoms with van der Waals surface area (Å²) in [6, 6.07) is 0.657. The van der Waals surface area contributed by atoms with Crippen molar-refractivity contribution in [1.82, 2.24) is 4.90 Å². The molecule has 0 saturated heterocycles. The summed E-state index contributed by atoms with van der Waals surface area (Å²) < 4.78 is 0. The van der Waals surface area contributed by atoms with Gasteiger partial charge in [-0.25, -0.2) is 0 Å². The lowest BCUT2D eigenvalue weighted by Crippen LogP contribution is -2.53. The average molecular weight is 212 g/mol. The molecule has 0 aromatic carbocycles. The molecule has 3 unspecified atom stereocenters. The minimum atomic E-state index is 0.302. The SMILES string of the molecule is CCC1CCC(CN)(N(C)C(C)CC)C1. The van der Waals surface area contributed by atoms with E-state index in [9.17, 15) is 0 Å². The molecule has 1 fully saturated rings. The van der Waals surface area contributed by atoms with Crippen LogP contribution in [0.5, 0.6) is 0 Å². The van der Waals surface area contributed by atoms with Crippen molar-refractivity contribution in [3.63, 3.8) is 0 Å². The van der Waals surface area contributed by atoms with E-state index in [2.05, 4.69) is 32.7 Å². The lowest BCUT2D eigenvalue weighted by molar-refractivity contribution is 0.0837. The van der Waals surface area contributed by atoms with E-state index >= 15 is 0 Å². The monoisotopic (exact) mass is 212 g/mol. The fourth-order valence-corrected chi connectivity index (χ4v) is 2.95. The van der Waals surface area contributed by atoms with Crippen molar-refractivity contribution in [2.24, 2.45) is 11.7 Å². The van der Waals surface area contributed by atoms with Gasteiger partial charge in [-0.15, -0.1) is 0 Å². The van der Waals surface area contributed by atoms with Gasteiger partial charge in [-0.2, -0.15) is 0 Å². The van der Waals surface area contributed by atoms with E-state index in [4.69, 9.17) is 5.73 Å². The smallest absolute Gasteiger partial charge is 0.0334 e. The van der Waals surface area contributed by atoms with Crippen LogP contribution in [0.4, 0.5) is 0 Å². The van der Waals surface area contributed by atoms with Crippen molar-refractivity contribution in [1.29, 1.82) is 0 Å². The number of nitrogens with zero attached hydrogens (tertiary/aromatic N) is 1. The molecule has 0 aliphatic heterocycles. The highest BCUT2D eigenvalue weighted by atomic mass is 15.2. The van der Waals surface area contributed by atoms with Crippen molar-refractivity contribution >= 4 is 0 Å². The zero-order chi connectivity index (χ0) is 11.5. The number of rotatable bonds is 5. The minimum Gasteiger partial charge on any atom is -0.329 e. The van der Waals surface area contributed by atoms with Gasteiger partial charge in [-0.05, 0) is 45.6 Å². The van der Waals surface area contributed by atoms with E-state index in [-0.39, 0.29) is 0 Å². The van der Waals surface area contributed by atoms with Crippen LogP contribution in [-0.2, 0) is 0 Å². The third kappa shape index (κ3) is 2.54. The topological polar surface area (TPSA) is 29.3 Å². The van der Waals surface area contributed by atoms with Gasteiger partial charge in [0.1, 0.15) is 0 Å². The molecule has 90 valence electrons. The van der Waals surface area contributed by atoms with Crippen LogP contribution in [0.15, 0.2) is 0 Å². The first-order valence-corrected chi connectivity index (χ1v) is 6.52. The third-order valence-electron chi connectivity index (χ3n) is 4.64. The van der Waals surface area contributed by atoms with Crippen LogP contribution in [0, 0.1) is 5.92 Å². The molecule has 0 amide bonds. The van der Waals surface area contributed by atoms with Crippen molar-refractivity contribution < 1.29 is 0 Å². The van der Waals surface area contributed by atoms with Gasteiger partial charge in [0.05, 0.1) is 0 Å². The zero-order valence-electron chi connectivity index (χ0n) is 10.9. The number of hydrogen-bond acceptors (Lipinski definition) is 2. The van der Waals surface area contributed by atoms with Crippen LogP contribution >= 0.6 is 0 Å². The summed E-state index contributed by atoms with van der Waals surface area (Å²) in [7, 11) is 2.26. The fourth-order valence-electron chi connectivity index (χ4n) is 2.95. The predicted octanol–water partition coefficient (Wildman–Crippen LogP) is 2.62. The van der Waals surface area contributed by atoms with Gasteiger partial charge in [0, 0.05) is 18.1 Å². The zero-order valence-corrected chi connectivity index (χ0v) is 10.9. The van der Waals surface area contributed by atoms with Gasteiger partial charge in [-0.1, -0.05) is 20.3 Å². The summed E-state index contributed by atoms with van der Waals surface area (Å²) in [5.41, 5.74) is 6.34. The maximum Gasteiger partial charge on any atom is 0.0334 e.